The molecular weight excluding hydrogens is 308 g/mol. The number of likely N-dealkylation sites (tertiary alicyclic amines) is 1. The number of aromatic nitrogens is 3. The van der Waals surface area contributed by atoms with E-state index in [0.717, 1.165) is 31.2 Å². The molecule has 1 saturated heterocycles. The highest BCUT2D eigenvalue weighted by atomic mass is 32.1. The van der Waals surface area contributed by atoms with E-state index < -0.39 is 0 Å². The number of thiophene rings is 1. The predicted octanol–water partition coefficient (Wildman–Crippen LogP) is 2.86. The second kappa shape index (κ2) is 8.04. The summed E-state index contributed by atoms with van der Waals surface area (Å²) in [6.07, 6.45) is 5.96. The van der Waals surface area contributed by atoms with Crippen LogP contribution in [0.25, 0.3) is 0 Å². The summed E-state index contributed by atoms with van der Waals surface area (Å²) in [7, 11) is 0. The van der Waals surface area contributed by atoms with Crippen LogP contribution in [0.5, 0.6) is 0 Å². The standard InChI is InChI=1S/C17H26N4OS/c1-14(20-8-4-2-3-5-9-20)17-18-16(19-21(17)10-11-22)13-15-7-6-12-23-15/h6-7,12,14,22H,2-5,8-11,13H2,1H3. The van der Waals surface area contributed by atoms with Crippen LogP contribution in [-0.4, -0.2) is 44.5 Å². The maximum atomic E-state index is 9.35. The van der Waals surface area contributed by atoms with Crippen molar-refractivity contribution in [3.8, 4) is 0 Å². The molecule has 0 aromatic carbocycles. The Morgan fingerprint density at radius 2 is 2.04 bits per heavy atom. The molecule has 0 saturated carbocycles. The molecular formula is C17H26N4OS. The number of hydrogen-bond donors (Lipinski definition) is 1. The van der Waals surface area contributed by atoms with Gasteiger partial charge in [-0.25, -0.2) is 9.67 Å². The van der Waals surface area contributed by atoms with Gasteiger partial charge in [-0.1, -0.05) is 18.9 Å². The van der Waals surface area contributed by atoms with E-state index in [9.17, 15) is 5.11 Å². The molecule has 1 atom stereocenters. The molecule has 1 N–H and O–H groups in total. The highest BCUT2D eigenvalue weighted by molar-refractivity contribution is 7.09. The van der Waals surface area contributed by atoms with Gasteiger partial charge in [-0.2, -0.15) is 5.10 Å². The van der Waals surface area contributed by atoms with Crippen LogP contribution in [-0.2, 0) is 13.0 Å². The van der Waals surface area contributed by atoms with Crippen LogP contribution < -0.4 is 0 Å². The molecule has 2 aromatic heterocycles. The first kappa shape index (κ1) is 16.6. The highest BCUT2D eigenvalue weighted by Gasteiger charge is 2.23. The fraction of sp³-hybridized carbons (Fsp3) is 0.647. The van der Waals surface area contributed by atoms with Crippen molar-refractivity contribution in [2.24, 2.45) is 0 Å². The fourth-order valence-corrected chi connectivity index (χ4v) is 3.96. The van der Waals surface area contributed by atoms with E-state index in [1.165, 1.54) is 30.6 Å². The van der Waals surface area contributed by atoms with Crippen LogP contribution in [0.4, 0.5) is 0 Å². The minimum atomic E-state index is 0.0987. The second-order valence-corrected chi connectivity index (χ2v) is 7.25. The van der Waals surface area contributed by atoms with Crippen LogP contribution in [0.15, 0.2) is 17.5 Å². The lowest BCUT2D eigenvalue weighted by atomic mass is 10.2. The third kappa shape index (κ3) is 4.19. The van der Waals surface area contributed by atoms with E-state index in [2.05, 4.69) is 34.4 Å². The molecule has 0 bridgehead atoms. The van der Waals surface area contributed by atoms with Crippen molar-refractivity contribution >= 4 is 11.3 Å². The van der Waals surface area contributed by atoms with Gasteiger partial charge in [0, 0.05) is 11.3 Å². The largest absolute Gasteiger partial charge is 0.394 e. The van der Waals surface area contributed by atoms with E-state index in [1.54, 1.807) is 11.3 Å². The van der Waals surface area contributed by atoms with Crippen LogP contribution in [0, 0.1) is 0 Å². The number of aliphatic hydroxyl groups is 1. The van der Waals surface area contributed by atoms with Gasteiger partial charge in [-0.15, -0.1) is 11.3 Å². The van der Waals surface area contributed by atoms with Gasteiger partial charge in [0.15, 0.2) is 5.82 Å². The molecule has 0 radical (unpaired) electrons. The van der Waals surface area contributed by atoms with Crippen molar-refractivity contribution in [2.45, 2.75) is 51.6 Å². The SMILES string of the molecule is CC(c1nc(Cc2cccs2)nn1CCO)N1CCCCCC1. The van der Waals surface area contributed by atoms with Crippen molar-refractivity contribution in [3.63, 3.8) is 0 Å². The van der Waals surface area contributed by atoms with E-state index in [4.69, 9.17) is 4.98 Å². The van der Waals surface area contributed by atoms with Crippen LogP contribution in [0.2, 0.25) is 0 Å². The molecule has 2 aromatic rings. The molecule has 1 aliphatic rings. The molecule has 126 valence electrons. The topological polar surface area (TPSA) is 54.2 Å². The predicted molar refractivity (Wildman–Crippen MR) is 92.7 cm³/mol. The van der Waals surface area contributed by atoms with Crippen LogP contribution in [0.3, 0.4) is 0 Å². The summed E-state index contributed by atoms with van der Waals surface area (Å²) in [5.74, 6) is 1.85. The Balaban J connectivity index is 1.79. The first-order valence-corrected chi connectivity index (χ1v) is 9.47. The normalized spacial score (nSPS) is 18.0. The quantitative estimate of drug-likeness (QED) is 0.882. The first-order chi connectivity index (χ1) is 11.3. The van der Waals surface area contributed by atoms with E-state index in [-0.39, 0.29) is 12.6 Å². The van der Waals surface area contributed by atoms with Crippen molar-refractivity contribution in [2.75, 3.05) is 19.7 Å². The number of rotatable bonds is 6. The van der Waals surface area contributed by atoms with Gasteiger partial charge in [0.1, 0.15) is 5.82 Å². The molecule has 1 aliphatic heterocycles. The second-order valence-electron chi connectivity index (χ2n) is 6.22. The van der Waals surface area contributed by atoms with Gasteiger partial charge in [-0.05, 0) is 44.3 Å². The summed E-state index contributed by atoms with van der Waals surface area (Å²) in [5.41, 5.74) is 0. The van der Waals surface area contributed by atoms with Crippen LogP contribution >= 0.6 is 11.3 Å². The summed E-state index contributed by atoms with van der Waals surface area (Å²) in [6, 6.07) is 4.44. The lowest BCUT2D eigenvalue weighted by molar-refractivity contribution is 0.199. The Kier molecular flexibility index (Phi) is 5.80. The van der Waals surface area contributed by atoms with Crippen LogP contribution in [0.1, 0.15) is 55.2 Å². The number of hydrogen-bond acceptors (Lipinski definition) is 5. The molecule has 0 aliphatic carbocycles. The monoisotopic (exact) mass is 334 g/mol. The molecule has 3 heterocycles. The zero-order valence-corrected chi connectivity index (χ0v) is 14.6. The Morgan fingerprint density at radius 3 is 2.70 bits per heavy atom. The third-order valence-corrected chi connectivity index (χ3v) is 5.41. The highest BCUT2D eigenvalue weighted by Crippen LogP contribution is 2.23. The number of aliphatic hydroxyl groups excluding tert-OH is 1. The Labute approximate surface area is 142 Å². The molecule has 6 heteroatoms. The van der Waals surface area contributed by atoms with Gasteiger partial charge in [0.05, 0.1) is 19.2 Å². The van der Waals surface area contributed by atoms with Gasteiger partial charge in [0.25, 0.3) is 0 Å². The third-order valence-electron chi connectivity index (χ3n) is 4.53. The summed E-state index contributed by atoms with van der Waals surface area (Å²) >= 11 is 1.74. The molecule has 5 nitrogen and oxygen atoms in total. The average Bonchev–Trinajstić information content (AvgIpc) is 3.10. The molecule has 0 amide bonds. The van der Waals surface area contributed by atoms with Crippen molar-refractivity contribution < 1.29 is 5.11 Å². The maximum absolute atomic E-state index is 9.35. The van der Waals surface area contributed by atoms with Crippen molar-refractivity contribution in [1.82, 2.24) is 19.7 Å². The van der Waals surface area contributed by atoms with Crippen molar-refractivity contribution in [1.29, 1.82) is 0 Å². The van der Waals surface area contributed by atoms with E-state index in [1.807, 2.05) is 4.68 Å². The van der Waals surface area contributed by atoms with Gasteiger partial charge in [0.2, 0.25) is 0 Å². The minimum absolute atomic E-state index is 0.0987. The van der Waals surface area contributed by atoms with Gasteiger partial charge >= 0.3 is 0 Å². The smallest absolute Gasteiger partial charge is 0.156 e. The zero-order valence-electron chi connectivity index (χ0n) is 13.8. The minimum Gasteiger partial charge on any atom is -0.394 e. The lowest BCUT2D eigenvalue weighted by Gasteiger charge is -2.26. The zero-order chi connectivity index (χ0) is 16.1. The molecule has 0 spiro atoms. The summed E-state index contributed by atoms with van der Waals surface area (Å²) in [5, 5.41) is 16.1. The summed E-state index contributed by atoms with van der Waals surface area (Å²) in [4.78, 5) is 8.61. The maximum Gasteiger partial charge on any atom is 0.156 e. The summed E-state index contributed by atoms with van der Waals surface area (Å²) in [6.45, 7) is 5.10. The fourth-order valence-electron chi connectivity index (χ4n) is 3.26. The van der Waals surface area contributed by atoms with Gasteiger partial charge in [-0.3, -0.25) is 4.90 Å². The van der Waals surface area contributed by atoms with Gasteiger partial charge < -0.3 is 5.11 Å². The number of nitrogens with zero attached hydrogens (tertiary/aromatic N) is 4. The Bertz CT molecular complexity index is 588. The molecule has 1 fully saturated rings. The van der Waals surface area contributed by atoms with E-state index >= 15 is 0 Å². The molecule has 23 heavy (non-hydrogen) atoms. The average molecular weight is 334 g/mol. The summed E-state index contributed by atoms with van der Waals surface area (Å²) < 4.78 is 1.90. The van der Waals surface area contributed by atoms with Crippen molar-refractivity contribution in [3.05, 3.63) is 34.0 Å². The first-order valence-electron chi connectivity index (χ1n) is 8.59. The Morgan fingerprint density at radius 1 is 1.26 bits per heavy atom. The lowest BCUT2D eigenvalue weighted by Crippen LogP contribution is -2.30. The van der Waals surface area contributed by atoms with E-state index in [0.29, 0.717) is 6.54 Å². The molecule has 1 unspecified atom stereocenters. The molecule has 3 rings (SSSR count). The Hall–Kier alpha value is -1.24.